The van der Waals surface area contributed by atoms with Crippen molar-refractivity contribution in [3.05, 3.63) is 11.8 Å². The number of rotatable bonds is 4. The molecule has 2 nitrogen and oxygen atoms in total. The monoisotopic (exact) mass is 224 g/mol. The molecule has 16 heavy (non-hydrogen) atoms. The third-order valence-corrected chi connectivity index (χ3v) is 3.80. The highest BCUT2D eigenvalue weighted by Gasteiger charge is 2.27. The second-order valence-electron chi connectivity index (χ2n) is 5.36. The zero-order valence-electron chi connectivity index (χ0n) is 10.5. The van der Waals surface area contributed by atoms with Crippen LogP contribution in [0.25, 0.3) is 0 Å². The van der Waals surface area contributed by atoms with Gasteiger partial charge in [0, 0.05) is 13.0 Å². The van der Waals surface area contributed by atoms with Crippen LogP contribution >= 0.6 is 0 Å². The van der Waals surface area contributed by atoms with Crippen molar-refractivity contribution in [1.82, 2.24) is 0 Å². The molecular formula is C14H24O2. The molecule has 1 atom stereocenters. The fourth-order valence-corrected chi connectivity index (χ4v) is 2.59. The SMILES string of the molecule is CC1(CCOC=C2CCCC2)CCCCO1. The molecule has 1 saturated heterocycles. The van der Waals surface area contributed by atoms with Crippen molar-refractivity contribution in [2.75, 3.05) is 13.2 Å². The molecule has 1 aliphatic carbocycles. The van der Waals surface area contributed by atoms with Gasteiger partial charge in [0.15, 0.2) is 0 Å². The molecule has 92 valence electrons. The first kappa shape index (κ1) is 12.0. The maximum Gasteiger partial charge on any atom is 0.0900 e. The topological polar surface area (TPSA) is 18.5 Å². The van der Waals surface area contributed by atoms with Gasteiger partial charge in [-0.1, -0.05) is 0 Å². The molecule has 1 heterocycles. The molecule has 2 aliphatic rings. The second-order valence-corrected chi connectivity index (χ2v) is 5.36. The summed E-state index contributed by atoms with van der Waals surface area (Å²) in [6, 6.07) is 0. The van der Waals surface area contributed by atoms with Crippen molar-refractivity contribution in [2.24, 2.45) is 0 Å². The Balaban J connectivity index is 1.64. The highest BCUT2D eigenvalue weighted by molar-refractivity contribution is 5.02. The Morgan fingerprint density at radius 2 is 2.06 bits per heavy atom. The van der Waals surface area contributed by atoms with Crippen LogP contribution in [0.4, 0.5) is 0 Å². The van der Waals surface area contributed by atoms with E-state index in [2.05, 4.69) is 6.92 Å². The lowest BCUT2D eigenvalue weighted by atomic mass is 9.93. The van der Waals surface area contributed by atoms with Crippen LogP contribution in [-0.4, -0.2) is 18.8 Å². The number of hydrogen-bond acceptors (Lipinski definition) is 2. The van der Waals surface area contributed by atoms with Crippen molar-refractivity contribution in [3.63, 3.8) is 0 Å². The van der Waals surface area contributed by atoms with Crippen LogP contribution in [0.2, 0.25) is 0 Å². The molecule has 0 aromatic carbocycles. The summed E-state index contributed by atoms with van der Waals surface area (Å²) in [5.41, 5.74) is 1.57. The van der Waals surface area contributed by atoms with Gasteiger partial charge in [0.25, 0.3) is 0 Å². The van der Waals surface area contributed by atoms with Gasteiger partial charge in [-0.3, -0.25) is 0 Å². The maximum atomic E-state index is 5.84. The van der Waals surface area contributed by atoms with Gasteiger partial charge in [-0.2, -0.15) is 0 Å². The standard InChI is InChI=1S/C14H24O2/c1-14(8-4-5-10-16-14)9-11-15-12-13-6-2-3-7-13/h12H,2-11H2,1H3. The van der Waals surface area contributed by atoms with E-state index in [1.807, 2.05) is 6.26 Å². The van der Waals surface area contributed by atoms with Crippen LogP contribution in [0.1, 0.15) is 58.3 Å². The summed E-state index contributed by atoms with van der Waals surface area (Å²) in [7, 11) is 0. The summed E-state index contributed by atoms with van der Waals surface area (Å²) in [6.07, 6.45) is 11.9. The van der Waals surface area contributed by atoms with Gasteiger partial charge in [0.1, 0.15) is 0 Å². The number of hydrogen-bond donors (Lipinski definition) is 0. The molecule has 0 N–H and O–H groups in total. The van der Waals surface area contributed by atoms with E-state index in [1.165, 1.54) is 50.5 Å². The van der Waals surface area contributed by atoms with Crippen molar-refractivity contribution in [3.8, 4) is 0 Å². The fraction of sp³-hybridized carbons (Fsp3) is 0.857. The van der Waals surface area contributed by atoms with Crippen LogP contribution in [0.3, 0.4) is 0 Å². The maximum absolute atomic E-state index is 5.84. The van der Waals surface area contributed by atoms with Crippen LogP contribution in [0.5, 0.6) is 0 Å². The lowest BCUT2D eigenvalue weighted by Gasteiger charge is -2.33. The van der Waals surface area contributed by atoms with E-state index in [-0.39, 0.29) is 5.60 Å². The predicted molar refractivity (Wildman–Crippen MR) is 65.3 cm³/mol. The Hall–Kier alpha value is -0.500. The highest BCUT2D eigenvalue weighted by Crippen LogP contribution is 2.28. The molecule has 0 bridgehead atoms. The summed E-state index contributed by atoms with van der Waals surface area (Å²) in [4.78, 5) is 0. The first-order valence-corrected chi connectivity index (χ1v) is 6.72. The van der Waals surface area contributed by atoms with Gasteiger partial charge in [-0.25, -0.2) is 0 Å². The van der Waals surface area contributed by atoms with Crippen LogP contribution in [0.15, 0.2) is 11.8 Å². The van der Waals surface area contributed by atoms with Crippen LogP contribution < -0.4 is 0 Å². The number of allylic oxidation sites excluding steroid dienone is 1. The van der Waals surface area contributed by atoms with Crippen molar-refractivity contribution < 1.29 is 9.47 Å². The average molecular weight is 224 g/mol. The minimum Gasteiger partial charge on any atom is -0.501 e. The summed E-state index contributed by atoms with van der Waals surface area (Å²) in [5, 5.41) is 0. The largest absolute Gasteiger partial charge is 0.501 e. The van der Waals surface area contributed by atoms with E-state index >= 15 is 0 Å². The van der Waals surface area contributed by atoms with Gasteiger partial charge in [0.2, 0.25) is 0 Å². The van der Waals surface area contributed by atoms with Gasteiger partial charge in [-0.05, 0) is 57.4 Å². The highest BCUT2D eigenvalue weighted by atomic mass is 16.5. The van der Waals surface area contributed by atoms with Gasteiger partial charge >= 0.3 is 0 Å². The lowest BCUT2D eigenvalue weighted by Crippen LogP contribution is -2.33. The Morgan fingerprint density at radius 3 is 2.75 bits per heavy atom. The normalized spacial score (nSPS) is 30.4. The average Bonchev–Trinajstić information content (AvgIpc) is 2.78. The Morgan fingerprint density at radius 1 is 1.25 bits per heavy atom. The Labute approximate surface area is 99.0 Å². The van der Waals surface area contributed by atoms with E-state index in [0.717, 1.165) is 19.6 Å². The molecule has 0 aromatic rings. The minimum atomic E-state index is 0.0758. The van der Waals surface area contributed by atoms with Crippen molar-refractivity contribution in [2.45, 2.75) is 63.9 Å². The van der Waals surface area contributed by atoms with E-state index in [9.17, 15) is 0 Å². The van der Waals surface area contributed by atoms with E-state index in [1.54, 1.807) is 0 Å². The molecule has 2 heteroatoms. The van der Waals surface area contributed by atoms with E-state index < -0.39 is 0 Å². The molecule has 0 spiro atoms. The Bertz CT molecular complexity index is 231. The minimum absolute atomic E-state index is 0.0758. The first-order chi connectivity index (χ1) is 7.79. The quantitative estimate of drug-likeness (QED) is 0.534. The Kier molecular flexibility index (Phi) is 4.28. The second kappa shape index (κ2) is 5.72. The predicted octanol–water partition coefficient (Wildman–Crippen LogP) is 3.81. The van der Waals surface area contributed by atoms with Crippen LogP contribution in [-0.2, 0) is 9.47 Å². The van der Waals surface area contributed by atoms with E-state index in [0.29, 0.717) is 0 Å². The van der Waals surface area contributed by atoms with Crippen molar-refractivity contribution in [1.29, 1.82) is 0 Å². The lowest BCUT2D eigenvalue weighted by molar-refractivity contribution is -0.0778. The van der Waals surface area contributed by atoms with Gasteiger partial charge in [-0.15, -0.1) is 0 Å². The molecule has 0 aromatic heterocycles. The first-order valence-electron chi connectivity index (χ1n) is 6.72. The van der Waals surface area contributed by atoms with Gasteiger partial charge in [0.05, 0.1) is 18.5 Å². The summed E-state index contributed by atoms with van der Waals surface area (Å²) < 4.78 is 11.5. The molecule has 1 saturated carbocycles. The molecule has 0 radical (unpaired) electrons. The van der Waals surface area contributed by atoms with E-state index in [4.69, 9.17) is 9.47 Å². The zero-order valence-corrected chi connectivity index (χ0v) is 10.5. The smallest absolute Gasteiger partial charge is 0.0900 e. The molecule has 2 rings (SSSR count). The number of ether oxygens (including phenoxy) is 2. The molecule has 1 aliphatic heterocycles. The molecular weight excluding hydrogens is 200 g/mol. The van der Waals surface area contributed by atoms with Crippen LogP contribution in [0, 0.1) is 0 Å². The molecule has 0 amide bonds. The molecule has 1 unspecified atom stereocenters. The van der Waals surface area contributed by atoms with Gasteiger partial charge < -0.3 is 9.47 Å². The third kappa shape index (κ3) is 3.51. The third-order valence-electron chi connectivity index (χ3n) is 3.80. The summed E-state index contributed by atoms with van der Waals surface area (Å²) in [6.45, 7) is 3.95. The summed E-state index contributed by atoms with van der Waals surface area (Å²) >= 11 is 0. The fourth-order valence-electron chi connectivity index (χ4n) is 2.59. The molecule has 2 fully saturated rings. The summed E-state index contributed by atoms with van der Waals surface area (Å²) in [5.74, 6) is 0. The van der Waals surface area contributed by atoms with Crippen molar-refractivity contribution >= 4 is 0 Å². The zero-order chi connectivity index (χ0) is 11.3.